The first-order valence-corrected chi connectivity index (χ1v) is 7.18. The van der Waals surface area contributed by atoms with E-state index in [0.29, 0.717) is 13.2 Å². The lowest BCUT2D eigenvalue weighted by Crippen LogP contribution is -2.16. The molecule has 0 aliphatic rings. The summed E-state index contributed by atoms with van der Waals surface area (Å²) in [6, 6.07) is 15.6. The molecule has 19 heavy (non-hydrogen) atoms. The predicted octanol–water partition coefficient (Wildman–Crippen LogP) is 4.32. The van der Waals surface area contributed by atoms with Crippen LogP contribution in [0.2, 0.25) is 5.02 Å². The number of benzene rings is 2. The molecule has 2 nitrogen and oxygen atoms in total. The highest BCUT2D eigenvalue weighted by Gasteiger charge is 2.13. The van der Waals surface area contributed by atoms with Gasteiger partial charge in [-0.05, 0) is 29.3 Å². The first kappa shape index (κ1) is 14.5. The smallest absolute Gasteiger partial charge is 0.0962 e. The van der Waals surface area contributed by atoms with E-state index in [0.717, 1.165) is 20.6 Å². The third-order valence-corrected chi connectivity index (χ3v) is 3.80. The lowest BCUT2D eigenvalue weighted by Gasteiger charge is -2.18. The Kier molecular flexibility index (Phi) is 5.40. The van der Waals surface area contributed by atoms with Crippen molar-refractivity contribution >= 4 is 27.5 Å². The number of hydrogen-bond donors (Lipinski definition) is 1. The van der Waals surface area contributed by atoms with Crippen LogP contribution in [0, 0.1) is 0 Å². The van der Waals surface area contributed by atoms with Gasteiger partial charge in [-0.15, -0.1) is 0 Å². The van der Waals surface area contributed by atoms with E-state index in [9.17, 15) is 0 Å². The zero-order valence-electron chi connectivity index (χ0n) is 10.4. The lowest BCUT2D eigenvalue weighted by molar-refractivity contribution is 0.0452. The summed E-state index contributed by atoms with van der Waals surface area (Å²) in [6.45, 7) is 0.955. The van der Waals surface area contributed by atoms with Crippen molar-refractivity contribution in [2.75, 3.05) is 6.54 Å². The summed E-state index contributed by atoms with van der Waals surface area (Å²) < 4.78 is 6.90. The fourth-order valence-electron chi connectivity index (χ4n) is 1.80. The van der Waals surface area contributed by atoms with Gasteiger partial charge in [-0.1, -0.05) is 57.9 Å². The van der Waals surface area contributed by atoms with Crippen molar-refractivity contribution in [2.45, 2.75) is 12.7 Å². The fraction of sp³-hybridized carbons (Fsp3) is 0.200. The summed E-state index contributed by atoms with van der Waals surface area (Å²) >= 11 is 9.37. The SMILES string of the molecule is NCC(OCc1ccc(Cl)cc1)c1ccccc1Br. The van der Waals surface area contributed by atoms with Crippen LogP contribution in [0.4, 0.5) is 0 Å². The Bertz CT molecular complexity index is 530. The minimum atomic E-state index is -0.119. The Balaban J connectivity index is 2.04. The Labute approximate surface area is 126 Å². The summed E-state index contributed by atoms with van der Waals surface area (Å²) in [6.07, 6.45) is -0.119. The van der Waals surface area contributed by atoms with Crippen LogP contribution in [0.3, 0.4) is 0 Å². The number of nitrogens with two attached hydrogens (primary N) is 1. The van der Waals surface area contributed by atoms with E-state index in [2.05, 4.69) is 15.9 Å². The average Bonchev–Trinajstić information content (AvgIpc) is 2.43. The van der Waals surface area contributed by atoms with Gasteiger partial charge in [-0.25, -0.2) is 0 Å². The Morgan fingerprint density at radius 3 is 2.42 bits per heavy atom. The van der Waals surface area contributed by atoms with E-state index in [1.165, 1.54) is 0 Å². The normalized spacial score (nSPS) is 12.4. The van der Waals surface area contributed by atoms with Gasteiger partial charge in [0.2, 0.25) is 0 Å². The molecule has 0 fully saturated rings. The molecule has 1 atom stereocenters. The summed E-state index contributed by atoms with van der Waals surface area (Å²) in [4.78, 5) is 0. The molecule has 0 radical (unpaired) electrons. The highest BCUT2D eigenvalue weighted by atomic mass is 79.9. The van der Waals surface area contributed by atoms with E-state index < -0.39 is 0 Å². The van der Waals surface area contributed by atoms with Gasteiger partial charge >= 0.3 is 0 Å². The third kappa shape index (κ3) is 4.05. The molecule has 0 aliphatic heterocycles. The van der Waals surface area contributed by atoms with E-state index in [4.69, 9.17) is 22.1 Å². The van der Waals surface area contributed by atoms with Crippen LogP contribution in [-0.2, 0) is 11.3 Å². The topological polar surface area (TPSA) is 35.2 Å². The Morgan fingerprint density at radius 2 is 1.79 bits per heavy atom. The van der Waals surface area contributed by atoms with Gasteiger partial charge in [0.25, 0.3) is 0 Å². The standard InChI is InChI=1S/C15H15BrClNO/c16-14-4-2-1-3-13(14)15(9-18)19-10-11-5-7-12(17)8-6-11/h1-8,15H,9-10,18H2. The van der Waals surface area contributed by atoms with Crippen molar-refractivity contribution in [1.82, 2.24) is 0 Å². The van der Waals surface area contributed by atoms with Crippen molar-refractivity contribution in [1.29, 1.82) is 0 Å². The quantitative estimate of drug-likeness (QED) is 0.880. The van der Waals surface area contributed by atoms with Crippen molar-refractivity contribution in [2.24, 2.45) is 5.73 Å². The van der Waals surface area contributed by atoms with Crippen molar-refractivity contribution in [3.05, 3.63) is 69.2 Å². The highest BCUT2D eigenvalue weighted by Crippen LogP contribution is 2.26. The number of hydrogen-bond acceptors (Lipinski definition) is 2. The number of halogens is 2. The Hall–Kier alpha value is -0.870. The van der Waals surface area contributed by atoms with Gasteiger partial charge in [-0.2, -0.15) is 0 Å². The molecule has 0 saturated carbocycles. The molecule has 0 heterocycles. The molecular formula is C15H15BrClNO. The maximum absolute atomic E-state index is 5.89. The second-order valence-corrected chi connectivity index (χ2v) is 5.47. The average molecular weight is 341 g/mol. The van der Waals surface area contributed by atoms with E-state index in [-0.39, 0.29) is 6.10 Å². The lowest BCUT2D eigenvalue weighted by atomic mass is 10.1. The van der Waals surface area contributed by atoms with Gasteiger partial charge in [0, 0.05) is 16.0 Å². The largest absolute Gasteiger partial charge is 0.367 e. The second kappa shape index (κ2) is 7.06. The maximum atomic E-state index is 5.89. The highest BCUT2D eigenvalue weighted by molar-refractivity contribution is 9.10. The molecule has 2 aromatic carbocycles. The van der Waals surface area contributed by atoms with Crippen LogP contribution in [0.5, 0.6) is 0 Å². The molecule has 1 unspecified atom stereocenters. The van der Waals surface area contributed by atoms with Gasteiger partial charge in [0.1, 0.15) is 0 Å². The summed E-state index contributed by atoms with van der Waals surface area (Å²) in [7, 11) is 0. The summed E-state index contributed by atoms with van der Waals surface area (Å²) in [5, 5.41) is 0.727. The zero-order valence-corrected chi connectivity index (χ0v) is 12.7. The molecule has 2 rings (SSSR count). The van der Waals surface area contributed by atoms with Gasteiger partial charge in [-0.3, -0.25) is 0 Å². The molecule has 0 spiro atoms. The predicted molar refractivity (Wildman–Crippen MR) is 82.2 cm³/mol. The molecular weight excluding hydrogens is 326 g/mol. The summed E-state index contributed by atoms with van der Waals surface area (Å²) in [5.41, 5.74) is 7.94. The molecule has 0 aromatic heterocycles. The molecule has 100 valence electrons. The van der Waals surface area contributed by atoms with Crippen molar-refractivity contribution < 1.29 is 4.74 Å². The number of ether oxygens (including phenoxy) is 1. The third-order valence-electron chi connectivity index (χ3n) is 2.83. The van der Waals surface area contributed by atoms with Crippen LogP contribution >= 0.6 is 27.5 Å². The summed E-state index contributed by atoms with van der Waals surface area (Å²) in [5.74, 6) is 0. The molecule has 4 heteroatoms. The van der Waals surface area contributed by atoms with E-state index >= 15 is 0 Å². The van der Waals surface area contributed by atoms with Crippen LogP contribution in [0.25, 0.3) is 0 Å². The van der Waals surface area contributed by atoms with Crippen LogP contribution in [-0.4, -0.2) is 6.54 Å². The number of rotatable bonds is 5. The van der Waals surface area contributed by atoms with Crippen molar-refractivity contribution in [3.63, 3.8) is 0 Å². The minimum Gasteiger partial charge on any atom is -0.367 e. The molecule has 2 aromatic rings. The van der Waals surface area contributed by atoms with Gasteiger partial charge in [0.15, 0.2) is 0 Å². The minimum absolute atomic E-state index is 0.119. The molecule has 2 N–H and O–H groups in total. The second-order valence-electron chi connectivity index (χ2n) is 4.18. The van der Waals surface area contributed by atoms with Gasteiger partial charge in [0.05, 0.1) is 12.7 Å². The first-order chi connectivity index (χ1) is 9.20. The van der Waals surface area contributed by atoms with Crippen LogP contribution < -0.4 is 5.73 Å². The van der Waals surface area contributed by atoms with Gasteiger partial charge < -0.3 is 10.5 Å². The van der Waals surface area contributed by atoms with Crippen LogP contribution in [0.1, 0.15) is 17.2 Å². The molecule has 0 amide bonds. The monoisotopic (exact) mass is 339 g/mol. The van der Waals surface area contributed by atoms with Crippen LogP contribution in [0.15, 0.2) is 53.0 Å². The van der Waals surface area contributed by atoms with E-state index in [1.807, 2.05) is 48.5 Å². The van der Waals surface area contributed by atoms with E-state index in [1.54, 1.807) is 0 Å². The Morgan fingerprint density at radius 1 is 1.11 bits per heavy atom. The maximum Gasteiger partial charge on any atom is 0.0962 e. The molecule has 0 saturated heterocycles. The molecule has 0 aliphatic carbocycles. The zero-order chi connectivity index (χ0) is 13.7. The first-order valence-electron chi connectivity index (χ1n) is 6.01. The fourth-order valence-corrected chi connectivity index (χ4v) is 2.46. The molecule has 0 bridgehead atoms. The van der Waals surface area contributed by atoms with Crippen molar-refractivity contribution in [3.8, 4) is 0 Å².